The lowest BCUT2D eigenvalue weighted by Crippen LogP contribution is -2.49. The fourth-order valence-electron chi connectivity index (χ4n) is 7.22. The van der Waals surface area contributed by atoms with Crippen LogP contribution in [0.1, 0.15) is 62.5 Å². The fraction of sp³-hybridized carbons (Fsp3) is 0.206. The average Bonchev–Trinajstić information content (AvgIpc) is 3.15. The Morgan fingerprint density at radius 1 is 0.769 bits per heavy atom. The molecule has 4 aromatic carbocycles. The van der Waals surface area contributed by atoms with Gasteiger partial charge in [0, 0.05) is 17.5 Å². The number of anilines is 2. The van der Waals surface area contributed by atoms with Crippen LogP contribution in [-0.4, -0.2) is 17.7 Å². The molecule has 0 aromatic heterocycles. The van der Waals surface area contributed by atoms with Crippen LogP contribution in [0.25, 0.3) is 0 Å². The maximum atomic E-state index is 14.5. The van der Waals surface area contributed by atoms with E-state index in [0.29, 0.717) is 16.9 Å². The van der Waals surface area contributed by atoms with E-state index in [1.807, 2.05) is 63.2 Å². The van der Waals surface area contributed by atoms with E-state index >= 15 is 0 Å². The summed E-state index contributed by atoms with van der Waals surface area (Å²) in [6, 6.07) is 29.0. The molecule has 1 heterocycles. The average molecular weight is 513 g/mol. The molecule has 0 unspecified atom stereocenters. The molecule has 5 heteroatoms. The van der Waals surface area contributed by atoms with Crippen molar-refractivity contribution in [1.82, 2.24) is 0 Å². The first-order valence-electron chi connectivity index (χ1n) is 13.4. The van der Waals surface area contributed by atoms with Crippen molar-refractivity contribution in [3.05, 3.63) is 130 Å². The van der Waals surface area contributed by atoms with Gasteiger partial charge in [-0.25, -0.2) is 4.90 Å². The summed E-state index contributed by atoms with van der Waals surface area (Å²) in [5, 5.41) is 2.96. The Morgan fingerprint density at radius 3 is 2.00 bits per heavy atom. The van der Waals surface area contributed by atoms with Gasteiger partial charge >= 0.3 is 0 Å². The Labute approximate surface area is 227 Å². The number of carbonyl (C=O) groups is 3. The second-order valence-corrected chi connectivity index (χ2v) is 11.2. The molecule has 39 heavy (non-hydrogen) atoms. The van der Waals surface area contributed by atoms with Gasteiger partial charge in [-0.05, 0) is 78.4 Å². The van der Waals surface area contributed by atoms with E-state index in [0.717, 1.165) is 33.4 Å². The minimum Gasteiger partial charge on any atom is -0.322 e. The quantitative estimate of drug-likeness (QED) is 0.326. The molecular formula is C34H28N2O3. The van der Waals surface area contributed by atoms with Gasteiger partial charge in [-0.1, -0.05) is 66.7 Å². The molecule has 3 amide bonds. The summed E-state index contributed by atoms with van der Waals surface area (Å²) in [5.74, 6) is -1.85. The summed E-state index contributed by atoms with van der Waals surface area (Å²) in [4.78, 5) is 43.6. The number of benzene rings is 4. The van der Waals surface area contributed by atoms with Crippen LogP contribution in [0.15, 0.2) is 91.0 Å². The number of rotatable bonds is 3. The lowest BCUT2D eigenvalue weighted by Gasteiger charge is -2.51. The van der Waals surface area contributed by atoms with Crippen molar-refractivity contribution in [2.75, 3.05) is 10.2 Å². The van der Waals surface area contributed by atoms with Gasteiger partial charge in [-0.2, -0.15) is 0 Å². The molecule has 4 aromatic rings. The molecule has 1 saturated heterocycles. The highest BCUT2D eigenvalue weighted by Gasteiger charge is 2.69. The highest BCUT2D eigenvalue weighted by Crippen LogP contribution is 2.67. The van der Waals surface area contributed by atoms with Crippen LogP contribution in [0.2, 0.25) is 0 Å². The first-order valence-corrected chi connectivity index (χ1v) is 13.4. The summed E-state index contributed by atoms with van der Waals surface area (Å²) in [7, 11) is 0. The van der Waals surface area contributed by atoms with Crippen LogP contribution in [0.4, 0.5) is 11.4 Å². The Hall–Kier alpha value is -4.51. The summed E-state index contributed by atoms with van der Waals surface area (Å²) in [6.45, 7) is 5.96. The van der Waals surface area contributed by atoms with Crippen LogP contribution in [0.5, 0.6) is 0 Å². The zero-order valence-corrected chi connectivity index (χ0v) is 22.1. The van der Waals surface area contributed by atoms with E-state index in [9.17, 15) is 14.4 Å². The number of hydrogen-bond acceptors (Lipinski definition) is 3. The first-order chi connectivity index (χ1) is 18.8. The van der Waals surface area contributed by atoms with E-state index in [4.69, 9.17) is 0 Å². The van der Waals surface area contributed by atoms with Gasteiger partial charge in [0.1, 0.15) is 0 Å². The maximum Gasteiger partial charge on any atom is 0.257 e. The van der Waals surface area contributed by atoms with Crippen LogP contribution >= 0.6 is 0 Å². The number of aryl methyl sites for hydroxylation is 2. The van der Waals surface area contributed by atoms with Crippen molar-refractivity contribution in [3.63, 3.8) is 0 Å². The van der Waals surface area contributed by atoms with Gasteiger partial charge < -0.3 is 5.32 Å². The highest BCUT2D eigenvalue weighted by atomic mass is 16.2. The topological polar surface area (TPSA) is 66.5 Å². The van der Waals surface area contributed by atoms with E-state index in [2.05, 4.69) is 29.6 Å². The number of nitrogens with zero attached hydrogens (tertiary/aromatic N) is 1. The zero-order chi connectivity index (χ0) is 27.1. The molecule has 2 atom stereocenters. The summed E-state index contributed by atoms with van der Waals surface area (Å²) in [5.41, 5.74) is 7.00. The standard InChI is InChI=1S/C34H28N2O3/c1-19-16-17-21(18-20(19)2)35-31(37)26-14-8-9-15-27(26)36-32(38)30-28-22-10-4-6-12-24(22)29(34(30,3)33(36)39)25-13-7-5-11-23(25)28/h4-18,28-30H,1-3H3,(H,35,37)/t28?,29?,30-,34-/m1/s1. The van der Waals surface area contributed by atoms with Crippen LogP contribution < -0.4 is 10.2 Å². The molecule has 8 rings (SSSR count). The van der Waals surface area contributed by atoms with Crippen molar-refractivity contribution in [1.29, 1.82) is 0 Å². The second kappa shape index (κ2) is 8.24. The second-order valence-electron chi connectivity index (χ2n) is 11.2. The van der Waals surface area contributed by atoms with Crippen LogP contribution in [0.3, 0.4) is 0 Å². The van der Waals surface area contributed by atoms with Crippen molar-refractivity contribution in [3.8, 4) is 0 Å². The van der Waals surface area contributed by atoms with E-state index in [1.165, 1.54) is 4.90 Å². The minimum atomic E-state index is -0.956. The molecule has 1 fully saturated rings. The Kier molecular flexibility index (Phi) is 4.99. The predicted molar refractivity (Wildman–Crippen MR) is 151 cm³/mol. The van der Waals surface area contributed by atoms with Crippen LogP contribution in [-0.2, 0) is 9.59 Å². The van der Waals surface area contributed by atoms with Crippen molar-refractivity contribution >= 4 is 29.1 Å². The number of carbonyl (C=O) groups excluding carboxylic acids is 3. The number of amides is 3. The largest absolute Gasteiger partial charge is 0.322 e. The fourth-order valence-corrected chi connectivity index (χ4v) is 7.22. The molecule has 5 nitrogen and oxygen atoms in total. The Morgan fingerprint density at radius 2 is 1.36 bits per heavy atom. The van der Waals surface area contributed by atoms with Gasteiger partial charge in [-0.15, -0.1) is 0 Å². The molecule has 1 N–H and O–H groups in total. The van der Waals surface area contributed by atoms with Crippen molar-refractivity contribution in [2.45, 2.75) is 32.6 Å². The molecule has 4 aliphatic rings. The lowest BCUT2D eigenvalue weighted by atomic mass is 9.48. The smallest absolute Gasteiger partial charge is 0.257 e. The van der Waals surface area contributed by atoms with Gasteiger partial charge in [0.15, 0.2) is 0 Å². The minimum absolute atomic E-state index is 0.217. The molecular weight excluding hydrogens is 484 g/mol. The lowest BCUT2D eigenvalue weighted by molar-refractivity contribution is -0.128. The Balaban J connectivity index is 1.34. The number of hydrogen-bond donors (Lipinski definition) is 1. The maximum absolute atomic E-state index is 14.5. The van der Waals surface area contributed by atoms with Crippen molar-refractivity contribution < 1.29 is 14.4 Å². The van der Waals surface area contributed by atoms with E-state index in [-0.39, 0.29) is 29.6 Å². The van der Waals surface area contributed by atoms with E-state index in [1.54, 1.807) is 24.3 Å². The third-order valence-electron chi connectivity index (χ3n) is 9.17. The number of para-hydroxylation sites is 1. The molecule has 1 aliphatic heterocycles. The summed E-state index contributed by atoms with van der Waals surface area (Å²) < 4.78 is 0. The molecule has 192 valence electrons. The van der Waals surface area contributed by atoms with Gasteiger partial charge in [0.2, 0.25) is 11.8 Å². The zero-order valence-electron chi connectivity index (χ0n) is 22.1. The molecule has 0 saturated carbocycles. The highest BCUT2D eigenvalue weighted by molar-refractivity contribution is 6.27. The van der Waals surface area contributed by atoms with Crippen LogP contribution in [0, 0.1) is 25.2 Å². The third-order valence-corrected chi connectivity index (χ3v) is 9.17. The SMILES string of the molecule is Cc1ccc(NC(=O)c2ccccc2N2C(=O)[C@H]3C4c5ccccc5C(c5ccccc54)[C@@]3(C)C2=O)cc1C. The summed E-state index contributed by atoms with van der Waals surface area (Å²) in [6.07, 6.45) is 0. The first kappa shape index (κ1) is 23.6. The Bertz CT molecular complexity index is 1680. The molecule has 0 spiro atoms. The normalized spacial score (nSPS) is 24.3. The molecule has 3 aliphatic carbocycles. The van der Waals surface area contributed by atoms with Crippen molar-refractivity contribution in [2.24, 2.45) is 11.3 Å². The number of nitrogens with one attached hydrogen (secondary N) is 1. The number of imide groups is 1. The molecule has 0 radical (unpaired) electrons. The monoisotopic (exact) mass is 512 g/mol. The van der Waals surface area contributed by atoms with E-state index < -0.39 is 11.3 Å². The summed E-state index contributed by atoms with van der Waals surface area (Å²) >= 11 is 0. The van der Waals surface area contributed by atoms with Gasteiger partial charge in [0.05, 0.1) is 22.6 Å². The molecule has 2 bridgehead atoms. The van der Waals surface area contributed by atoms with Gasteiger partial charge in [-0.3, -0.25) is 14.4 Å². The predicted octanol–water partition coefficient (Wildman–Crippen LogP) is 6.34. The van der Waals surface area contributed by atoms with Gasteiger partial charge in [0.25, 0.3) is 5.91 Å². The third kappa shape index (κ3) is 3.10.